The first kappa shape index (κ1) is 17.5. The lowest BCUT2D eigenvalue weighted by atomic mass is 10.2. The van der Waals surface area contributed by atoms with Crippen LogP contribution in [0, 0.1) is 0 Å². The zero-order valence-corrected chi connectivity index (χ0v) is 13.5. The third-order valence-electron chi connectivity index (χ3n) is 2.90. The average molecular weight is 317 g/mol. The summed E-state index contributed by atoms with van der Waals surface area (Å²) in [6.07, 6.45) is 2.34. The molecule has 0 aliphatic rings. The maximum Gasteiger partial charge on any atom is 0.327 e. The number of hydrogen-bond donors (Lipinski definition) is 1. The van der Waals surface area contributed by atoms with Crippen LogP contribution in [0.3, 0.4) is 0 Å². The minimum Gasteiger partial charge on any atom is -0.468 e. The number of carbonyl (C=O) groups excluding carboxylic acids is 1. The third-order valence-corrected chi connectivity index (χ3v) is 3.27. The van der Waals surface area contributed by atoms with Crippen LogP contribution in [0.25, 0.3) is 0 Å². The summed E-state index contributed by atoms with van der Waals surface area (Å²) in [6, 6.07) is 0.141. The van der Waals surface area contributed by atoms with Gasteiger partial charge in [0.1, 0.15) is 11.6 Å². The monoisotopic (exact) mass is 316 g/mol. The Kier molecular flexibility index (Phi) is 6.64. The van der Waals surface area contributed by atoms with Crippen molar-refractivity contribution < 1.29 is 9.53 Å². The molecule has 1 heterocycles. The lowest BCUT2D eigenvalue weighted by Gasteiger charge is -2.18. The van der Waals surface area contributed by atoms with Crippen LogP contribution in [0.4, 0.5) is 5.69 Å². The van der Waals surface area contributed by atoms with Crippen molar-refractivity contribution in [2.45, 2.75) is 25.9 Å². The van der Waals surface area contributed by atoms with Gasteiger partial charge in [-0.25, -0.2) is 4.68 Å². The first-order valence-corrected chi connectivity index (χ1v) is 6.96. The summed E-state index contributed by atoms with van der Waals surface area (Å²) in [7, 11) is 5.24. The Balaban J connectivity index is 2.80. The van der Waals surface area contributed by atoms with Crippen LogP contribution < -0.4 is 10.9 Å². The van der Waals surface area contributed by atoms with E-state index in [0.29, 0.717) is 5.69 Å². The molecule has 118 valence electrons. The molecule has 0 aliphatic carbocycles. The van der Waals surface area contributed by atoms with E-state index in [9.17, 15) is 9.59 Å². The summed E-state index contributed by atoms with van der Waals surface area (Å²) < 4.78 is 5.47. The second kappa shape index (κ2) is 7.99. The van der Waals surface area contributed by atoms with Crippen LogP contribution in [0.15, 0.2) is 11.0 Å². The second-order valence-electron chi connectivity index (χ2n) is 5.05. The highest BCUT2D eigenvalue weighted by Gasteiger charge is 2.13. The van der Waals surface area contributed by atoms with Gasteiger partial charge in [-0.15, -0.1) is 0 Å². The molecule has 1 atom stereocenters. The van der Waals surface area contributed by atoms with E-state index in [1.54, 1.807) is 0 Å². The highest BCUT2D eigenvalue weighted by Crippen LogP contribution is 2.17. The molecule has 0 bridgehead atoms. The van der Waals surface area contributed by atoms with E-state index in [0.717, 1.165) is 17.6 Å². The predicted molar refractivity (Wildman–Crippen MR) is 81.8 cm³/mol. The number of hydrogen-bond acceptors (Lipinski definition) is 6. The van der Waals surface area contributed by atoms with Crippen molar-refractivity contribution in [1.82, 2.24) is 14.7 Å². The normalized spacial score (nSPS) is 12.3. The van der Waals surface area contributed by atoms with Gasteiger partial charge in [-0.05, 0) is 34.0 Å². The number of nitrogens with one attached hydrogen (secondary N) is 1. The Morgan fingerprint density at radius 2 is 2.24 bits per heavy atom. The molecule has 7 nitrogen and oxygen atoms in total. The largest absolute Gasteiger partial charge is 0.468 e. The van der Waals surface area contributed by atoms with Crippen LogP contribution in [-0.4, -0.2) is 54.4 Å². The number of halogens is 1. The Bertz CT molecular complexity index is 545. The molecule has 1 unspecified atom stereocenters. The van der Waals surface area contributed by atoms with Crippen molar-refractivity contribution >= 4 is 23.3 Å². The van der Waals surface area contributed by atoms with Crippen LogP contribution in [0.2, 0.25) is 5.02 Å². The van der Waals surface area contributed by atoms with Crippen molar-refractivity contribution in [3.8, 4) is 0 Å². The van der Waals surface area contributed by atoms with Crippen molar-refractivity contribution in [3.63, 3.8) is 0 Å². The summed E-state index contributed by atoms with van der Waals surface area (Å²) in [5.41, 5.74) is -0.0547. The topological polar surface area (TPSA) is 76.5 Å². The van der Waals surface area contributed by atoms with E-state index in [1.165, 1.54) is 13.3 Å². The van der Waals surface area contributed by atoms with Gasteiger partial charge in [0, 0.05) is 6.04 Å². The SMILES string of the molecule is COC(=O)Cn1ncc(NC(C)CCN(C)C)c(Cl)c1=O. The molecule has 0 saturated heterocycles. The van der Waals surface area contributed by atoms with Crippen molar-refractivity contribution in [1.29, 1.82) is 0 Å². The molecule has 0 amide bonds. The van der Waals surface area contributed by atoms with Gasteiger partial charge < -0.3 is 15.0 Å². The second-order valence-corrected chi connectivity index (χ2v) is 5.43. The van der Waals surface area contributed by atoms with Gasteiger partial charge in [-0.3, -0.25) is 9.59 Å². The maximum absolute atomic E-state index is 12.0. The standard InChI is InChI=1S/C13H21ClN4O3/c1-9(5-6-17(2)3)16-10-7-15-18(8-11(19)21-4)13(20)12(10)14/h7,9,16H,5-6,8H2,1-4H3. The summed E-state index contributed by atoms with van der Waals surface area (Å²) in [5.74, 6) is -0.555. The zero-order valence-electron chi connectivity index (χ0n) is 12.7. The number of anilines is 1. The minimum atomic E-state index is -0.555. The van der Waals surface area contributed by atoms with Gasteiger partial charge in [-0.1, -0.05) is 11.6 Å². The predicted octanol–water partition coefficient (Wildman–Crippen LogP) is 0.822. The molecular weight excluding hydrogens is 296 g/mol. The molecule has 21 heavy (non-hydrogen) atoms. The Hall–Kier alpha value is -1.60. The minimum absolute atomic E-state index is 0.0191. The first-order valence-electron chi connectivity index (χ1n) is 6.58. The van der Waals surface area contributed by atoms with Crippen molar-refractivity contribution in [2.24, 2.45) is 0 Å². The van der Waals surface area contributed by atoms with Crippen LogP contribution in [0.5, 0.6) is 0 Å². The van der Waals surface area contributed by atoms with Gasteiger partial charge in [0.25, 0.3) is 5.56 Å². The molecule has 1 rings (SSSR count). The van der Waals surface area contributed by atoms with Crippen molar-refractivity contribution in [2.75, 3.05) is 33.1 Å². The summed E-state index contributed by atoms with van der Waals surface area (Å²) in [6.45, 7) is 2.66. The number of methoxy groups -OCH3 is 1. The Morgan fingerprint density at radius 3 is 2.81 bits per heavy atom. The molecular formula is C13H21ClN4O3. The Morgan fingerprint density at radius 1 is 1.57 bits per heavy atom. The van der Waals surface area contributed by atoms with Crippen LogP contribution in [-0.2, 0) is 16.1 Å². The molecule has 0 aliphatic heterocycles. The lowest BCUT2D eigenvalue weighted by molar-refractivity contribution is -0.141. The summed E-state index contributed by atoms with van der Waals surface area (Å²) in [4.78, 5) is 25.2. The number of aromatic nitrogens is 2. The fraction of sp³-hybridized carbons (Fsp3) is 0.615. The van der Waals surface area contributed by atoms with E-state index < -0.39 is 11.5 Å². The number of nitrogens with zero attached hydrogens (tertiary/aromatic N) is 3. The van der Waals surface area contributed by atoms with Crippen LogP contribution >= 0.6 is 11.6 Å². The van der Waals surface area contributed by atoms with Gasteiger partial charge in [0.2, 0.25) is 0 Å². The maximum atomic E-state index is 12.0. The van der Waals surface area contributed by atoms with E-state index in [4.69, 9.17) is 11.6 Å². The van der Waals surface area contributed by atoms with E-state index in [-0.39, 0.29) is 17.6 Å². The average Bonchev–Trinajstić information content (AvgIpc) is 2.44. The third kappa shape index (κ3) is 5.35. The van der Waals surface area contributed by atoms with Crippen LogP contribution in [0.1, 0.15) is 13.3 Å². The van der Waals surface area contributed by atoms with E-state index in [2.05, 4.69) is 20.1 Å². The Labute approximate surface area is 128 Å². The fourth-order valence-corrected chi connectivity index (χ4v) is 1.86. The molecule has 0 fully saturated rings. The van der Waals surface area contributed by atoms with Gasteiger partial charge >= 0.3 is 5.97 Å². The van der Waals surface area contributed by atoms with E-state index in [1.807, 2.05) is 21.0 Å². The first-order chi connectivity index (χ1) is 9.85. The highest BCUT2D eigenvalue weighted by atomic mass is 35.5. The summed E-state index contributed by atoms with van der Waals surface area (Å²) >= 11 is 6.03. The van der Waals surface area contributed by atoms with E-state index >= 15 is 0 Å². The van der Waals surface area contributed by atoms with Crippen molar-refractivity contribution in [3.05, 3.63) is 21.6 Å². The fourth-order valence-electron chi connectivity index (χ4n) is 1.65. The molecule has 1 N–H and O–H groups in total. The zero-order chi connectivity index (χ0) is 16.0. The number of esters is 1. The highest BCUT2D eigenvalue weighted by molar-refractivity contribution is 6.32. The van der Waals surface area contributed by atoms with Gasteiger partial charge in [0.05, 0.1) is 19.0 Å². The molecule has 0 radical (unpaired) electrons. The number of rotatable bonds is 7. The lowest BCUT2D eigenvalue weighted by Crippen LogP contribution is -2.29. The molecule has 0 spiro atoms. The number of ether oxygens (including phenoxy) is 1. The van der Waals surface area contributed by atoms with Gasteiger partial charge in [-0.2, -0.15) is 5.10 Å². The molecule has 1 aromatic rings. The molecule has 1 aromatic heterocycles. The molecule has 0 saturated carbocycles. The summed E-state index contributed by atoms with van der Waals surface area (Å²) in [5, 5.41) is 7.09. The van der Waals surface area contributed by atoms with Gasteiger partial charge in [0.15, 0.2) is 0 Å². The number of carbonyl (C=O) groups is 1. The molecule has 8 heteroatoms. The quantitative estimate of drug-likeness (QED) is 0.751. The smallest absolute Gasteiger partial charge is 0.327 e. The molecule has 0 aromatic carbocycles.